The molecule has 0 unspecified atom stereocenters. The van der Waals surface area contributed by atoms with Gasteiger partial charge in [-0.1, -0.05) is 41.3 Å². The summed E-state index contributed by atoms with van der Waals surface area (Å²) in [6, 6.07) is 12.2. The van der Waals surface area contributed by atoms with Crippen molar-refractivity contribution in [2.24, 2.45) is 0 Å². The minimum Gasteiger partial charge on any atom is -0.478 e. The molecule has 0 saturated carbocycles. The van der Waals surface area contributed by atoms with Crippen LogP contribution in [-0.2, 0) is 4.79 Å². The number of terminal acetylenes is 1. The van der Waals surface area contributed by atoms with Gasteiger partial charge in [0.05, 0.1) is 10.0 Å². The van der Waals surface area contributed by atoms with Gasteiger partial charge in [-0.15, -0.1) is 6.42 Å². The third-order valence-electron chi connectivity index (χ3n) is 3.27. The van der Waals surface area contributed by atoms with Gasteiger partial charge in [-0.25, -0.2) is 0 Å². The average molecular weight is 385 g/mol. The largest absolute Gasteiger partial charge is 0.478 e. The van der Waals surface area contributed by atoms with Gasteiger partial charge >= 0.3 is 0 Å². The maximum Gasteiger partial charge on any atom is 0.266 e. The van der Waals surface area contributed by atoms with Gasteiger partial charge in [0.2, 0.25) is 0 Å². The first-order chi connectivity index (χ1) is 12.4. The molecule has 26 heavy (non-hydrogen) atoms. The Kier molecular flexibility index (Phi) is 6.69. The number of hydrogen-bond donors (Lipinski definition) is 1. The predicted octanol–water partition coefficient (Wildman–Crippen LogP) is 4.86. The van der Waals surface area contributed by atoms with E-state index >= 15 is 0 Å². The van der Waals surface area contributed by atoms with Crippen molar-refractivity contribution < 1.29 is 9.53 Å². The summed E-state index contributed by atoms with van der Waals surface area (Å²) in [6.45, 7) is 1.93. The predicted molar refractivity (Wildman–Crippen MR) is 104 cm³/mol. The van der Waals surface area contributed by atoms with Crippen LogP contribution in [0.15, 0.2) is 42.0 Å². The van der Waals surface area contributed by atoms with Gasteiger partial charge in [0.15, 0.2) is 5.75 Å². The highest BCUT2D eigenvalue weighted by Crippen LogP contribution is 2.34. The van der Waals surface area contributed by atoms with Crippen LogP contribution in [0.4, 0.5) is 5.69 Å². The Labute approximate surface area is 162 Å². The molecule has 2 aromatic rings. The number of carbonyl (C=O) groups is 1. The van der Waals surface area contributed by atoms with E-state index in [1.165, 1.54) is 18.2 Å². The van der Waals surface area contributed by atoms with Crippen LogP contribution in [-0.4, -0.2) is 12.5 Å². The van der Waals surface area contributed by atoms with Crippen LogP contribution >= 0.6 is 23.2 Å². The first kappa shape index (κ1) is 19.4. The molecule has 130 valence electrons. The number of carbonyl (C=O) groups excluding carboxylic acids is 1. The molecule has 2 aromatic carbocycles. The van der Waals surface area contributed by atoms with E-state index in [9.17, 15) is 10.1 Å². The molecule has 0 aliphatic carbocycles. The second-order valence-corrected chi connectivity index (χ2v) is 6.11. The van der Waals surface area contributed by atoms with Crippen LogP contribution in [0.5, 0.6) is 5.75 Å². The van der Waals surface area contributed by atoms with Gasteiger partial charge in [-0.2, -0.15) is 5.26 Å². The smallest absolute Gasteiger partial charge is 0.266 e. The third kappa shape index (κ3) is 5.04. The van der Waals surface area contributed by atoms with Crippen LogP contribution in [0.25, 0.3) is 6.08 Å². The number of nitriles is 1. The maximum atomic E-state index is 12.3. The number of nitrogens with one attached hydrogen (secondary N) is 1. The molecule has 6 heteroatoms. The first-order valence-corrected chi connectivity index (χ1v) is 8.25. The van der Waals surface area contributed by atoms with Crippen LogP contribution in [0.3, 0.4) is 0 Å². The monoisotopic (exact) mass is 384 g/mol. The molecule has 0 heterocycles. The van der Waals surface area contributed by atoms with Gasteiger partial charge in [-0.3, -0.25) is 4.79 Å². The van der Waals surface area contributed by atoms with Crippen molar-refractivity contribution in [1.82, 2.24) is 0 Å². The molecule has 0 atom stereocenters. The van der Waals surface area contributed by atoms with Crippen molar-refractivity contribution in [3.05, 3.63) is 63.1 Å². The maximum absolute atomic E-state index is 12.3. The van der Waals surface area contributed by atoms with Crippen LogP contribution < -0.4 is 10.1 Å². The minimum atomic E-state index is -0.530. The number of amides is 1. The first-order valence-electron chi connectivity index (χ1n) is 7.49. The second kappa shape index (κ2) is 8.97. The summed E-state index contributed by atoms with van der Waals surface area (Å²) >= 11 is 12.3. The van der Waals surface area contributed by atoms with Crippen LogP contribution in [0.2, 0.25) is 10.0 Å². The van der Waals surface area contributed by atoms with Crippen molar-refractivity contribution in [2.45, 2.75) is 6.92 Å². The normalized spacial score (nSPS) is 10.6. The van der Waals surface area contributed by atoms with E-state index in [2.05, 4.69) is 11.2 Å². The van der Waals surface area contributed by atoms with E-state index in [0.717, 1.165) is 5.56 Å². The highest BCUT2D eigenvalue weighted by molar-refractivity contribution is 6.37. The number of benzene rings is 2. The van der Waals surface area contributed by atoms with Crippen molar-refractivity contribution in [2.75, 3.05) is 11.9 Å². The average Bonchev–Trinajstić information content (AvgIpc) is 2.59. The summed E-state index contributed by atoms with van der Waals surface area (Å²) in [7, 11) is 0. The molecular formula is C20H14Cl2N2O2. The van der Waals surface area contributed by atoms with Crippen molar-refractivity contribution in [1.29, 1.82) is 5.26 Å². The SMILES string of the molecule is C#CCOc1c(Cl)cc(/C=C(/C#N)C(=O)Nc2cccc(C)c2)cc1Cl. The fraction of sp³-hybridized carbons (Fsp3) is 0.100. The molecule has 0 saturated heterocycles. The van der Waals surface area contributed by atoms with Crippen LogP contribution in [0, 0.1) is 30.6 Å². The lowest BCUT2D eigenvalue weighted by atomic mass is 10.1. The number of hydrogen-bond acceptors (Lipinski definition) is 3. The molecular weight excluding hydrogens is 371 g/mol. The molecule has 0 fully saturated rings. The zero-order valence-electron chi connectivity index (χ0n) is 13.8. The number of rotatable bonds is 5. The molecule has 0 bridgehead atoms. The fourth-order valence-corrected chi connectivity index (χ4v) is 2.76. The molecule has 0 spiro atoms. The quantitative estimate of drug-likeness (QED) is 0.454. The Balaban J connectivity index is 2.27. The Morgan fingerprint density at radius 1 is 1.31 bits per heavy atom. The minimum absolute atomic E-state index is 0.0248. The van der Waals surface area contributed by atoms with Gasteiger partial charge in [0.1, 0.15) is 18.2 Å². The summed E-state index contributed by atoms with van der Waals surface area (Å²) in [5.74, 6) is 2.05. The highest BCUT2D eigenvalue weighted by atomic mass is 35.5. The molecule has 1 amide bonds. The van der Waals surface area contributed by atoms with Crippen molar-refractivity contribution >= 4 is 40.9 Å². The Morgan fingerprint density at radius 2 is 2.00 bits per heavy atom. The highest BCUT2D eigenvalue weighted by Gasteiger charge is 2.13. The molecule has 0 aliphatic heterocycles. The van der Waals surface area contributed by atoms with Gasteiger partial charge in [-0.05, 0) is 48.4 Å². The van der Waals surface area contributed by atoms with Crippen molar-refractivity contribution in [3.8, 4) is 24.2 Å². The van der Waals surface area contributed by atoms with E-state index in [1.807, 2.05) is 25.1 Å². The number of halogens is 2. The molecule has 0 aliphatic rings. The Bertz CT molecular complexity index is 930. The number of ether oxygens (including phenoxy) is 1. The van der Waals surface area contributed by atoms with E-state index < -0.39 is 5.91 Å². The van der Waals surface area contributed by atoms with Gasteiger partial charge < -0.3 is 10.1 Å². The summed E-state index contributed by atoms with van der Waals surface area (Å²) in [5, 5.41) is 12.5. The van der Waals surface area contributed by atoms with Gasteiger partial charge in [0, 0.05) is 5.69 Å². The number of aryl methyl sites for hydroxylation is 1. The molecule has 2 rings (SSSR count). The standard InChI is InChI=1S/C20H14Cl2N2O2/c1-3-7-26-19-17(21)10-14(11-18(19)22)9-15(12-23)20(25)24-16-6-4-5-13(2)8-16/h1,4-6,8-11H,7H2,2H3,(H,24,25)/b15-9-. The van der Waals surface area contributed by atoms with E-state index in [0.29, 0.717) is 11.3 Å². The fourth-order valence-electron chi connectivity index (χ4n) is 2.15. The topological polar surface area (TPSA) is 62.1 Å². The second-order valence-electron chi connectivity index (χ2n) is 5.30. The summed E-state index contributed by atoms with van der Waals surface area (Å²) in [5.41, 5.74) is 2.00. The van der Waals surface area contributed by atoms with E-state index in [4.69, 9.17) is 34.4 Å². The molecule has 0 aromatic heterocycles. The summed E-state index contributed by atoms with van der Waals surface area (Å²) in [4.78, 5) is 12.3. The molecule has 1 N–H and O–H groups in total. The van der Waals surface area contributed by atoms with E-state index in [1.54, 1.807) is 12.1 Å². The van der Waals surface area contributed by atoms with Crippen molar-refractivity contribution in [3.63, 3.8) is 0 Å². The molecule has 4 nitrogen and oxygen atoms in total. The third-order valence-corrected chi connectivity index (χ3v) is 3.83. The van der Waals surface area contributed by atoms with E-state index in [-0.39, 0.29) is 28.0 Å². The lowest BCUT2D eigenvalue weighted by molar-refractivity contribution is -0.112. The summed E-state index contributed by atoms with van der Waals surface area (Å²) in [6.07, 6.45) is 6.54. The zero-order chi connectivity index (χ0) is 19.1. The lowest BCUT2D eigenvalue weighted by Crippen LogP contribution is -2.13. The number of nitrogens with zero attached hydrogens (tertiary/aromatic N) is 1. The lowest BCUT2D eigenvalue weighted by Gasteiger charge is -2.09. The zero-order valence-corrected chi connectivity index (χ0v) is 15.4. The van der Waals surface area contributed by atoms with Crippen LogP contribution in [0.1, 0.15) is 11.1 Å². The van der Waals surface area contributed by atoms with Gasteiger partial charge in [0.25, 0.3) is 5.91 Å². The number of anilines is 1. The molecule has 0 radical (unpaired) electrons. The Morgan fingerprint density at radius 3 is 2.58 bits per heavy atom. The summed E-state index contributed by atoms with van der Waals surface area (Å²) < 4.78 is 5.28. The Hall–Kier alpha value is -2.92.